The first-order valence-electron chi connectivity index (χ1n) is 7.66. The highest BCUT2D eigenvalue weighted by Gasteiger charge is 2.43. The average molecular weight is 345 g/mol. The van der Waals surface area contributed by atoms with Crippen LogP contribution < -0.4 is 19.8 Å². The fourth-order valence-electron chi connectivity index (χ4n) is 2.89. The fourth-order valence-corrected chi connectivity index (χ4v) is 2.89. The van der Waals surface area contributed by atoms with Gasteiger partial charge in [0.05, 0.1) is 12.1 Å². The van der Waals surface area contributed by atoms with Crippen molar-refractivity contribution in [3.8, 4) is 28.4 Å². The van der Waals surface area contributed by atoms with Gasteiger partial charge in [0.15, 0.2) is 11.5 Å². The summed E-state index contributed by atoms with van der Waals surface area (Å²) in [6.07, 6.45) is -3.72. The molecule has 0 aliphatic carbocycles. The molecule has 0 saturated heterocycles. The van der Waals surface area contributed by atoms with Gasteiger partial charge in [-0.05, 0) is 19.1 Å². The molecule has 1 aliphatic heterocycles. The average Bonchev–Trinajstić information content (AvgIpc) is 2.86. The Hall–Kier alpha value is -3.09. The molecule has 0 unspecified atom stereocenters. The number of para-hydroxylation sites is 1. The van der Waals surface area contributed by atoms with Gasteiger partial charge in [-0.1, -0.05) is 18.2 Å². The van der Waals surface area contributed by atoms with Gasteiger partial charge in [0, 0.05) is 28.6 Å². The second-order valence-electron chi connectivity index (χ2n) is 5.49. The third-order valence-corrected chi connectivity index (χ3v) is 3.84. The second kappa shape index (κ2) is 5.47. The fraction of sp³-hybridized carbons (Fsp3) is 0.167. The molecule has 1 aliphatic rings. The summed E-state index contributed by atoms with van der Waals surface area (Å²) in [5.74, 6) is 0.392. The van der Waals surface area contributed by atoms with Crippen molar-refractivity contribution in [3.63, 3.8) is 0 Å². The maximum absolute atomic E-state index is 13.3. The molecule has 0 radical (unpaired) electrons. The van der Waals surface area contributed by atoms with Gasteiger partial charge >= 0.3 is 6.29 Å². The van der Waals surface area contributed by atoms with Crippen molar-refractivity contribution in [2.24, 2.45) is 0 Å². The van der Waals surface area contributed by atoms with Crippen molar-refractivity contribution in [2.45, 2.75) is 13.2 Å². The van der Waals surface area contributed by atoms with Crippen LogP contribution in [0.1, 0.15) is 6.92 Å². The zero-order valence-electron chi connectivity index (χ0n) is 13.1. The minimum absolute atomic E-state index is 0.0836. The van der Waals surface area contributed by atoms with Gasteiger partial charge in [0.25, 0.3) is 0 Å². The molecule has 0 atom stereocenters. The Bertz CT molecular complexity index is 1030. The number of alkyl halides is 2. The lowest BCUT2D eigenvalue weighted by molar-refractivity contribution is -0.286. The van der Waals surface area contributed by atoms with E-state index in [1.807, 2.05) is 19.1 Å². The maximum Gasteiger partial charge on any atom is 0.586 e. The van der Waals surface area contributed by atoms with Crippen LogP contribution in [0.5, 0.6) is 17.2 Å². The first-order valence-corrected chi connectivity index (χ1v) is 7.66. The molecule has 0 amide bonds. The molecule has 3 aromatic rings. The lowest BCUT2D eigenvalue weighted by atomic mass is 10.00. The van der Waals surface area contributed by atoms with E-state index < -0.39 is 6.29 Å². The second-order valence-corrected chi connectivity index (χ2v) is 5.49. The molecule has 4 rings (SSSR count). The van der Waals surface area contributed by atoms with E-state index in [1.54, 1.807) is 12.1 Å². The maximum atomic E-state index is 13.3. The number of nitrogens with one attached hydrogen (secondary N) is 1. The van der Waals surface area contributed by atoms with Crippen LogP contribution in [0.2, 0.25) is 0 Å². The molecule has 2 aromatic carbocycles. The molecular formula is C18H13F2NO4. The molecule has 1 aromatic heterocycles. The smallest absolute Gasteiger partial charge is 0.493 e. The van der Waals surface area contributed by atoms with Crippen molar-refractivity contribution in [3.05, 3.63) is 52.8 Å². The summed E-state index contributed by atoms with van der Waals surface area (Å²) < 4.78 is 41.2. The Morgan fingerprint density at radius 1 is 1.08 bits per heavy atom. The minimum atomic E-state index is -3.72. The summed E-state index contributed by atoms with van der Waals surface area (Å²) in [4.78, 5) is 14.7. The lowest BCUT2D eigenvalue weighted by Crippen LogP contribution is -2.25. The molecule has 5 nitrogen and oxygen atoms in total. The number of fused-ring (bicyclic) bond motifs is 2. The zero-order valence-corrected chi connectivity index (χ0v) is 13.1. The number of halogens is 2. The number of rotatable bonds is 3. The van der Waals surface area contributed by atoms with Gasteiger partial charge < -0.3 is 19.2 Å². The number of hydrogen-bond acceptors (Lipinski definition) is 4. The zero-order chi connectivity index (χ0) is 17.6. The molecule has 0 fully saturated rings. The van der Waals surface area contributed by atoms with Crippen molar-refractivity contribution >= 4 is 10.9 Å². The number of aromatic nitrogens is 1. The number of ether oxygens (including phenoxy) is 3. The molecule has 0 saturated carbocycles. The SMILES string of the molecule is CCOc1ccccc1-c1cc(=O)[nH]c2cc3c(cc12)OC(F)(F)O3. The molecule has 0 bridgehead atoms. The number of H-pyrrole nitrogens is 1. The van der Waals surface area contributed by atoms with E-state index in [9.17, 15) is 13.6 Å². The van der Waals surface area contributed by atoms with E-state index in [0.29, 0.717) is 34.4 Å². The van der Waals surface area contributed by atoms with Crippen molar-refractivity contribution in [2.75, 3.05) is 6.61 Å². The van der Waals surface area contributed by atoms with E-state index in [1.165, 1.54) is 18.2 Å². The van der Waals surface area contributed by atoms with Gasteiger partial charge in [-0.3, -0.25) is 4.79 Å². The monoisotopic (exact) mass is 345 g/mol. The summed E-state index contributed by atoms with van der Waals surface area (Å²) in [6, 6.07) is 11.4. The van der Waals surface area contributed by atoms with Crippen LogP contribution in [0.4, 0.5) is 8.78 Å². The summed E-state index contributed by atoms with van der Waals surface area (Å²) >= 11 is 0. The van der Waals surface area contributed by atoms with Gasteiger partial charge in [-0.2, -0.15) is 0 Å². The van der Waals surface area contributed by atoms with Gasteiger partial charge in [0.2, 0.25) is 5.56 Å². The predicted molar refractivity (Wildman–Crippen MR) is 87.4 cm³/mol. The third kappa shape index (κ3) is 2.67. The Morgan fingerprint density at radius 2 is 1.80 bits per heavy atom. The molecule has 1 N–H and O–H groups in total. The summed E-state index contributed by atoms with van der Waals surface area (Å²) in [6.45, 7) is 2.31. The first kappa shape index (κ1) is 15.4. The lowest BCUT2D eigenvalue weighted by Gasteiger charge is -2.12. The third-order valence-electron chi connectivity index (χ3n) is 3.84. The summed E-state index contributed by atoms with van der Waals surface area (Å²) in [5.41, 5.74) is 1.25. The number of benzene rings is 2. The van der Waals surface area contributed by atoms with Crippen LogP contribution >= 0.6 is 0 Å². The molecule has 25 heavy (non-hydrogen) atoms. The van der Waals surface area contributed by atoms with Gasteiger partial charge in [0.1, 0.15) is 5.75 Å². The van der Waals surface area contributed by atoms with Crippen LogP contribution in [0.3, 0.4) is 0 Å². The van der Waals surface area contributed by atoms with Crippen LogP contribution in [0, 0.1) is 0 Å². The highest BCUT2D eigenvalue weighted by molar-refractivity contribution is 5.97. The Balaban J connectivity index is 1.98. The summed E-state index contributed by atoms with van der Waals surface area (Å²) in [5, 5.41) is 0.548. The highest BCUT2D eigenvalue weighted by atomic mass is 19.3. The van der Waals surface area contributed by atoms with E-state index in [0.717, 1.165) is 0 Å². The number of pyridine rings is 1. The summed E-state index contributed by atoms with van der Waals surface area (Å²) in [7, 11) is 0. The largest absolute Gasteiger partial charge is 0.586 e. The Labute approximate surface area is 140 Å². The molecular weight excluding hydrogens is 332 g/mol. The predicted octanol–water partition coefficient (Wildman–Crippen LogP) is 3.92. The molecule has 128 valence electrons. The van der Waals surface area contributed by atoms with Gasteiger partial charge in [-0.25, -0.2) is 0 Å². The standard InChI is InChI=1S/C18H13F2NO4/c1-2-23-14-6-4-3-5-10(14)11-8-17(22)21-13-9-16-15(7-12(11)13)24-18(19,20)25-16/h3-9H,2H2,1H3,(H,21,22). The van der Waals surface area contributed by atoms with Crippen molar-refractivity contribution in [1.29, 1.82) is 0 Å². The van der Waals surface area contributed by atoms with Crippen LogP contribution in [-0.2, 0) is 0 Å². The van der Waals surface area contributed by atoms with Crippen LogP contribution in [0.15, 0.2) is 47.3 Å². The first-order chi connectivity index (χ1) is 12.0. The molecule has 2 heterocycles. The normalized spacial score (nSPS) is 14.7. The Morgan fingerprint density at radius 3 is 2.56 bits per heavy atom. The molecule has 7 heteroatoms. The van der Waals surface area contributed by atoms with Crippen LogP contribution in [-0.4, -0.2) is 17.9 Å². The molecule has 0 spiro atoms. The minimum Gasteiger partial charge on any atom is -0.493 e. The van der Waals surface area contributed by atoms with E-state index >= 15 is 0 Å². The van der Waals surface area contributed by atoms with E-state index in [-0.39, 0.29) is 17.1 Å². The Kier molecular flexibility index (Phi) is 3.38. The van der Waals surface area contributed by atoms with Crippen molar-refractivity contribution in [1.82, 2.24) is 4.98 Å². The number of aromatic amines is 1. The topological polar surface area (TPSA) is 60.6 Å². The quantitative estimate of drug-likeness (QED) is 0.782. The van der Waals surface area contributed by atoms with Crippen molar-refractivity contribution < 1.29 is 23.0 Å². The van der Waals surface area contributed by atoms with E-state index in [2.05, 4.69) is 14.5 Å². The highest BCUT2D eigenvalue weighted by Crippen LogP contribution is 2.45. The van der Waals surface area contributed by atoms with E-state index in [4.69, 9.17) is 4.74 Å². The van der Waals surface area contributed by atoms with Gasteiger partial charge in [-0.15, -0.1) is 8.78 Å². The number of hydrogen-bond donors (Lipinski definition) is 1. The van der Waals surface area contributed by atoms with Crippen LogP contribution in [0.25, 0.3) is 22.0 Å².